The minimum atomic E-state index is -0.279. The predicted molar refractivity (Wildman–Crippen MR) is 93.8 cm³/mol. The van der Waals surface area contributed by atoms with Crippen LogP contribution in [0.1, 0.15) is 48.7 Å². The van der Waals surface area contributed by atoms with Gasteiger partial charge in [0.1, 0.15) is 5.76 Å². The smallest absolute Gasteiger partial charge is 0.225 e. The van der Waals surface area contributed by atoms with Crippen molar-refractivity contribution in [1.82, 2.24) is 20.0 Å². The summed E-state index contributed by atoms with van der Waals surface area (Å²) in [6.45, 7) is 2.32. The molecular weight excluding hydrogens is 332 g/mol. The Morgan fingerprint density at radius 1 is 1.35 bits per heavy atom. The lowest BCUT2D eigenvalue weighted by molar-refractivity contribution is -0.144. The SMILES string of the molecule is Cc1ccoc1CNC(=O)[C@H]1CCC(=O)N(C2CC2)[C@@H]1c1ccnn1C. The highest BCUT2D eigenvalue weighted by Crippen LogP contribution is 2.43. The zero-order valence-corrected chi connectivity index (χ0v) is 15.1. The largest absolute Gasteiger partial charge is 0.467 e. The van der Waals surface area contributed by atoms with E-state index in [0.29, 0.717) is 19.4 Å². The van der Waals surface area contributed by atoms with Gasteiger partial charge in [-0.1, -0.05) is 0 Å². The van der Waals surface area contributed by atoms with Crippen molar-refractivity contribution in [3.05, 3.63) is 41.6 Å². The first kappa shape index (κ1) is 16.9. The fraction of sp³-hybridized carbons (Fsp3) is 0.526. The third-order valence-electron chi connectivity index (χ3n) is 5.47. The molecule has 2 aromatic heterocycles. The first-order chi connectivity index (χ1) is 12.6. The van der Waals surface area contributed by atoms with Crippen molar-refractivity contribution >= 4 is 11.8 Å². The van der Waals surface area contributed by atoms with Crippen LogP contribution < -0.4 is 5.32 Å². The van der Waals surface area contributed by atoms with Gasteiger partial charge in [0, 0.05) is 25.7 Å². The molecule has 2 aromatic rings. The second kappa shape index (κ2) is 6.63. The van der Waals surface area contributed by atoms with E-state index in [-0.39, 0.29) is 29.8 Å². The number of furan rings is 1. The minimum absolute atomic E-state index is 0.0369. The number of hydrogen-bond donors (Lipinski definition) is 1. The zero-order valence-electron chi connectivity index (χ0n) is 15.1. The molecule has 1 saturated carbocycles. The van der Waals surface area contributed by atoms with Crippen LogP contribution in [0, 0.1) is 12.8 Å². The number of nitrogens with one attached hydrogen (secondary N) is 1. The van der Waals surface area contributed by atoms with Gasteiger partial charge < -0.3 is 14.6 Å². The Kier molecular flexibility index (Phi) is 4.30. The van der Waals surface area contributed by atoms with Crippen LogP contribution in [-0.2, 0) is 23.2 Å². The van der Waals surface area contributed by atoms with E-state index in [1.165, 1.54) is 0 Å². The number of amides is 2. The van der Waals surface area contributed by atoms with Gasteiger partial charge in [-0.05, 0) is 43.9 Å². The number of carbonyl (C=O) groups is 2. The van der Waals surface area contributed by atoms with E-state index >= 15 is 0 Å². The van der Waals surface area contributed by atoms with Crippen LogP contribution in [0.5, 0.6) is 0 Å². The van der Waals surface area contributed by atoms with Gasteiger partial charge in [0.15, 0.2) is 0 Å². The van der Waals surface area contributed by atoms with Gasteiger partial charge in [-0.3, -0.25) is 14.3 Å². The van der Waals surface area contributed by atoms with E-state index < -0.39 is 0 Å². The highest BCUT2D eigenvalue weighted by Gasteiger charge is 2.47. The Morgan fingerprint density at radius 3 is 2.77 bits per heavy atom. The van der Waals surface area contributed by atoms with Gasteiger partial charge in [-0.25, -0.2) is 0 Å². The molecule has 2 atom stereocenters. The van der Waals surface area contributed by atoms with Crippen LogP contribution in [0.3, 0.4) is 0 Å². The summed E-state index contributed by atoms with van der Waals surface area (Å²) < 4.78 is 7.19. The van der Waals surface area contributed by atoms with Crippen molar-refractivity contribution < 1.29 is 14.0 Å². The van der Waals surface area contributed by atoms with Crippen LogP contribution in [0.4, 0.5) is 0 Å². The van der Waals surface area contributed by atoms with Crippen molar-refractivity contribution in [2.24, 2.45) is 13.0 Å². The number of hydrogen-bond acceptors (Lipinski definition) is 4. The molecule has 1 aliphatic heterocycles. The molecule has 1 saturated heterocycles. The number of carbonyl (C=O) groups excluding carboxylic acids is 2. The number of aromatic nitrogens is 2. The van der Waals surface area contributed by atoms with Crippen molar-refractivity contribution in [3.63, 3.8) is 0 Å². The molecule has 7 heteroatoms. The Morgan fingerprint density at radius 2 is 2.15 bits per heavy atom. The Balaban J connectivity index is 1.58. The summed E-state index contributed by atoms with van der Waals surface area (Å²) in [5, 5.41) is 7.26. The summed E-state index contributed by atoms with van der Waals surface area (Å²) >= 11 is 0. The van der Waals surface area contributed by atoms with Crippen LogP contribution in [0.2, 0.25) is 0 Å². The molecule has 26 heavy (non-hydrogen) atoms. The molecule has 1 N–H and O–H groups in total. The van der Waals surface area contributed by atoms with Crippen LogP contribution in [0.15, 0.2) is 29.0 Å². The first-order valence-electron chi connectivity index (χ1n) is 9.16. The van der Waals surface area contributed by atoms with Gasteiger partial charge in [0.05, 0.1) is 30.5 Å². The van der Waals surface area contributed by atoms with Crippen LogP contribution in [0.25, 0.3) is 0 Å². The summed E-state index contributed by atoms with van der Waals surface area (Å²) in [5.41, 5.74) is 1.94. The molecule has 1 aliphatic carbocycles. The maximum atomic E-state index is 13.0. The van der Waals surface area contributed by atoms with E-state index in [2.05, 4.69) is 10.4 Å². The van der Waals surface area contributed by atoms with Crippen LogP contribution >= 0.6 is 0 Å². The minimum Gasteiger partial charge on any atom is -0.467 e. The molecule has 138 valence electrons. The topological polar surface area (TPSA) is 80.4 Å². The summed E-state index contributed by atoms with van der Waals surface area (Å²) in [4.78, 5) is 27.5. The third-order valence-corrected chi connectivity index (χ3v) is 5.47. The molecule has 0 aromatic carbocycles. The molecule has 2 aliphatic rings. The van der Waals surface area contributed by atoms with Crippen LogP contribution in [-0.4, -0.2) is 32.5 Å². The fourth-order valence-corrected chi connectivity index (χ4v) is 3.88. The monoisotopic (exact) mass is 356 g/mol. The average molecular weight is 356 g/mol. The lowest BCUT2D eigenvalue weighted by Crippen LogP contribution is -2.49. The van der Waals surface area contributed by atoms with Gasteiger partial charge >= 0.3 is 0 Å². The summed E-state index contributed by atoms with van der Waals surface area (Å²) in [6.07, 6.45) is 6.35. The normalized spacial score (nSPS) is 23.3. The number of aryl methyl sites for hydroxylation is 2. The molecule has 0 unspecified atom stereocenters. The summed E-state index contributed by atoms with van der Waals surface area (Å²) in [5.74, 6) is 0.593. The fourth-order valence-electron chi connectivity index (χ4n) is 3.88. The Bertz CT molecular complexity index is 820. The molecule has 2 amide bonds. The van der Waals surface area contributed by atoms with E-state index in [0.717, 1.165) is 29.9 Å². The van der Waals surface area contributed by atoms with E-state index in [9.17, 15) is 9.59 Å². The second-order valence-electron chi connectivity index (χ2n) is 7.25. The average Bonchev–Trinajstić information content (AvgIpc) is 3.24. The maximum absolute atomic E-state index is 13.0. The number of rotatable bonds is 5. The van der Waals surface area contributed by atoms with Gasteiger partial charge in [-0.2, -0.15) is 5.10 Å². The molecule has 0 bridgehead atoms. The standard InChI is InChI=1S/C19H24N4O3/c1-12-8-10-26-16(12)11-20-19(25)14-5-6-17(24)23(13-3-4-13)18(14)15-7-9-21-22(15)2/h7-10,13-14,18H,3-6,11H2,1-2H3,(H,20,25)/t14-,18-/m0/s1. The Labute approximate surface area is 152 Å². The third kappa shape index (κ3) is 3.02. The highest BCUT2D eigenvalue weighted by atomic mass is 16.3. The van der Waals surface area contributed by atoms with Gasteiger partial charge in [0.2, 0.25) is 11.8 Å². The predicted octanol–water partition coefficient (Wildman–Crippen LogP) is 2.08. The highest BCUT2D eigenvalue weighted by molar-refractivity contribution is 5.85. The molecule has 0 spiro atoms. The molecular formula is C19H24N4O3. The van der Waals surface area contributed by atoms with Crippen molar-refractivity contribution in [1.29, 1.82) is 0 Å². The van der Waals surface area contributed by atoms with Crippen molar-refractivity contribution in [2.75, 3.05) is 0 Å². The molecule has 7 nitrogen and oxygen atoms in total. The molecule has 0 radical (unpaired) electrons. The quantitative estimate of drug-likeness (QED) is 0.889. The van der Waals surface area contributed by atoms with Gasteiger partial charge in [-0.15, -0.1) is 0 Å². The summed E-state index contributed by atoms with van der Waals surface area (Å²) in [6, 6.07) is 3.79. The Hall–Kier alpha value is -2.57. The van der Waals surface area contributed by atoms with Crippen molar-refractivity contribution in [2.45, 2.75) is 51.2 Å². The zero-order chi connectivity index (χ0) is 18.3. The molecule has 3 heterocycles. The maximum Gasteiger partial charge on any atom is 0.225 e. The van der Waals surface area contributed by atoms with Gasteiger partial charge in [0.25, 0.3) is 0 Å². The van der Waals surface area contributed by atoms with E-state index in [4.69, 9.17) is 4.42 Å². The van der Waals surface area contributed by atoms with Crippen molar-refractivity contribution in [3.8, 4) is 0 Å². The number of likely N-dealkylation sites (tertiary alicyclic amines) is 1. The van der Waals surface area contributed by atoms with E-state index in [1.807, 2.05) is 31.0 Å². The second-order valence-corrected chi connectivity index (χ2v) is 7.25. The number of piperidine rings is 1. The number of nitrogens with zero attached hydrogens (tertiary/aromatic N) is 3. The lowest BCUT2D eigenvalue weighted by Gasteiger charge is -2.40. The first-order valence-corrected chi connectivity index (χ1v) is 9.16. The molecule has 4 rings (SSSR count). The molecule has 2 fully saturated rings. The lowest BCUT2D eigenvalue weighted by atomic mass is 9.85. The van der Waals surface area contributed by atoms with E-state index in [1.54, 1.807) is 17.1 Å². The summed E-state index contributed by atoms with van der Waals surface area (Å²) in [7, 11) is 1.86.